The Hall–Kier alpha value is -2.67. The standard InChI is InChI=1S/C18H21ClFN5O/c1-4-6-9-21-17-13(19)11-22-18(24-17)23-12-7-8-14(20)15(10-12)25(3)16(26)5-2/h5,7-8,10-11H,2,4,6,9H2,1,3H3,(H2,21,22,23,24). The summed E-state index contributed by atoms with van der Waals surface area (Å²) in [5.74, 6) is -0.0963. The number of aromatic nitrogens is 2. The Morgan fingerprint density at radius 2 is 2.23 bits per heavy atom. The van der Waals surface area contributed by atoms with Crippen LogP contribution in [0, 0.1) is 5.82 Å². The Kier molecular flexibility index (Phi) is 6.91. The van der Waals surface area contributed by atoms with Gasteiger partial charge in [0.05, 0.1) is 11.9 Å². The molecule has 0 aliphatic carbocycles. The first-order chi connectivity index (χ1) is 12.5. The van der Waals surface area contributed by atoms with Gasteiger partial charge in [-0.1, -0.05) is 31.5 Å². The third kappa shape index (κ3) is 4.92. The van der Waals surface area contributed by atoms with E-state index in [0.29, 0.717) is 22.5 Å². The van der Waals surface area contributed by atoms with Crippen LogP contribution < -0.4 is 15.5 Å². The van der Waals surface area contributed by atoms with Crippen molar-refractivity contribution in [2.45, 2.75) is 19.8 Å². The molecule has 0 aliphatic heterocycles. The van der Waals surface area contributed by atoms with Crippen molar-refractivity contribution in [3.8, 4) is 0 Å². The highest BCUT2D eigenvalue weighted by Crippen LogP contribution is 2.26. The molecule has 0 spiro atoms. The quantitative estimate of drug-likeness (QED) is 0.528. The minimum absolute atomic E-state index is 0.121. The summed E-state index contributed by atoms with van der Waals surface area (Å²) in [6, 6.07) is 4.30. The van der Waals surface area contributed by atoms with Gasteiger partial charge >= 0.3 is 0 Å². The maximum Gasteiger partial charge on any atom is 0.250 e. The van der Waals surface area contributed by atoms with Gasteiger partial charge in [-0.05, 0) is 30.7 Å². The molecule has 6 nitrogen and oxygen atoms in total. The average Bonchev–Trinajstić information content (AvgIpc) is 2.64. The van der Waals surface area contributed by atoms with Crippen LogP contribution in [0.4, 0.5) is 27.5 Å². The fourth-order valence-corrected chi connectivity index (χ4v) is 2.32. The van der Waals surface area contributed by atoms with Crippen molar-refractivity contribution in [3.05, 3.63) is 47.9 Å². The monoisotopic (exact) mass is 377 g/mol. The summed E-state index contributed by atoms with van der Waals surface area (Å²) < 4.78 is 14.0. The number of nitrogens with one attached hydrogen (secondary N) is 2. The summed E-state index contributed by atoms with van der Waals surface area (Å²) >= 11 is 6.10. The first kappa shape index (κ1) is 19.7. The number of nitrogens with zero attached hydrogens (tertiary/aromatic N) is 3. The normalized spacial score (nSPS) is 10.3. The minimum Gasteiger partial charge on any atom is -0.369 e. The van der Waals surface area contributed by atoms with Gasteiger partial charge < -0.3 is 15.5 Å². The first-order valence-electron chi connectivity index (χ1n) is 8.19. The van der Waals surface area contributed by atoms with E-state index in [4.69, 9.17) is 11.6 Å². The molecule has 1 heterocycles. The molecule has 0 saturated carbocycles. The highest BCUT2D eigenvalue weighted by atomic mass is 35.5. The summed E-state index contributed by atoms with van der Waals surface area (Å²) in [7, 11) is 1.47. The third-order valence-electron chi connectivity index (χ3n) is 3.64. The number of amides is 1. The second kappa shape index (κ2) is 9.15. The van der Waals surface area contributed by atoms with Crippen LogP contribution >= 0.6 is 11.6 Å². The number of unbranched alkanes of at least 4 members (excludes halogenated alkanes) is 1. The summed E-state index contributed by atoms with van der Waals surface area (Å²) in [5, 5.41) is 6.56. The van der Waals surface area contributed by atoms with Crippen molar-refractivity contribution in [1.82, 2.24) is 9.97 Å². The van der Waals surface area contributed by atoms with Crippen molar-refractivity contribution in [2.75, 3.05) is 29.1 Å². The molecule has 0 aliphatic rings. The zero-order valence-corrected chi connectivity index (χ0v) is 15.5. The molecule has 1 amide bonds. The summed E-state index contributed by atoms with van der Waals surface area (Å²) in [6.07, 6.45) is 4.66. The van der Waals surface area contributed by atoms with E-state index in [2.05, 4.69) is 34.1 Å². The van der Waals surface area contributed by atoms with Gasteiger partial charge in [-0.15, -0.1) is 0 Å². The number of anilines is 4. The Bertz CT molecular complexity index is 799. The van der Waals surface area contributed by atoms with Crippen LogP contribution in [0.5, 0.6) is 0 Å². The van der Waals surface area contributed by atoms with Crippen LogP contribution in [0.15, 0.2) is 37.1 Å². The van der Waals surface area contributed by atoms with E-state index in [1.165, 1.54) is 36.3 Å². The van der Waals surface area contributed by atoms with Crippen LogP contribution in [-0.2, 0) is 4.79 Å². The molecule has 2 aromatic rings. The van der Waals surface area contributed by atoms with E-state index in [-0.39, 0.29) is 5.69 Å². The van der Waals surface area contributed by atoms with Crippen molar-refractivity contribution in [1.29, 1.82) is 0 Å². The van der Waals surface area contributed by atoms with Crippen LogP contribution in [0.25, 0.3) is 0 Å². The first-order valence-corrected chi connectivity index (χ1v) is 8.57. The van der Waals surface area contributed by atoms with E-state index in [1.807, 2.05) is 0 Å². The van der Waals surface area contributed by atoms with Crippen LogP contribution in [-0.4, -0.2) is 29.5 Å². The average molecular weight is 378 g/mol. The number of rotatable bonds is 8. The molecule has 26 heavy (non-hydrogen) atoms. The predicted molar refractivity (Wildman–Crippen MR) is 104 cm³/mol. The van der Waals surface area contributed by atoms with Crippen molar-refractivity contribution in [3.63, 3.8) is 0 Å². The second-order valence-corrected chi connectivity index (χ2v) is 5.97. The summed E-state index contributed by atoms with van der Waals surface area (Å²) in [4.78, 5) is 21.3. The SMILES string of the molecule is C=CC(=O)N(C)c1cc(Nc2ncc(Cl)c(NCCCC)n2)ccc1F. The number of hydrogen-bond acceptors (Lipinski definition) is 5. The van der Waals surface area contributed by atoms with Crippen molar-refractivity contribution < 1.29 is 9.18 Å². The molecule has 0 fully saturated rings. The molecule has 2 N–H and O–H groups in total. The minimum atomic E-state index is -0.521. The number of benzene rings is 1. The molecule has 0 radical (unpaired) electrons. The molecular formula is C18H21ClFN5O. The smallest absolute Gasteiger partial charge is 0.250 e. The fraction of sp³-hybridized carbons (Fsp3) is 0.278. The Balaban J connectivity index is 2.21. The zero-order valence-electron chi connectivity index (χ0n) is 14.7. The van der Waals surface area contributed by atoms with Gasteiger partial charge in [-0.3, -0.25) is 4.79 Å². The van der Waals surface area contributed by atoms with Gasteiger partial charge in [0.15, 0.2) is 0 Å². The highest BCUT2D eigenvalue weighted by Gasteiger charge is 2.14. The van der Waals surface area contributed by atoms with Crippen LogP contribution in [0.2, 0.25) is 5.02 Å². The zero-order chi connectivity index (χ0) is 19.1. The van der Waals surface area contributed by atoms with Gasteiger partial charge in [0, 0.05) is 19.3 Å². The molecule has 0 bridgehead atoms. The molecule has 0 atom stereocenters. The van der Waals surface area contributed by atoms with Gasteiger partial charge in [0.2, 0.25) is 11.9 Å². The van der Waals surface area contributed by atoms with E-state index >= 15 is 0 Å². The number of hydrogen-bond donors (Lipinski definition) is 2. The molecule has 1 aromatic heterocycles. The Morgan fingerprint density at radius 1 is 1.46 bits per heavy atom. The lowest BCUT2D eigenvalue weighted by atomic mass is 10.2. The molecule has 0 unspecified atom stereocenters. The molecule has 0 saturated heterocycles. The number of likely N-dealkylation sites (N-methyl/N-ethyl adjacent to an activating group) is 1. The van der Waals surface area contributed by atoms with E-state index < -0.39 is 11.7 Å². The topological polar surface area (TPSA) is 70.2 Å². The molecule has 2 rings (SSSR count). The van der Waals surface area contributed by atoms with Crippen molar-refractivity contribution >= 4 is 40.6 Å². The lowest BCUT2D eigenvalue weighted by Crippen LogP contribution is -2.24. The Morgan fingerprint density at radius 3 is 2.92 bits per heavy atom. The van der Waals surface area contributed by atoms with E-state index in [0.717, 1.165) is 25.5 Å². The molecule has 1 aromatic carbocycles. The maximum absolute atomic E-state index is 14.0. The van der Waals surface area contributed by atoms with Gasteiger partial charge in [0.25, 0.3) is 0 Å². The van der Waals surface area contributed by atoms with E-state index in [9.17, 15) is 9.18 Å². The Labute approximate surface area is 157 Å². The lowest BCUT2D eigenvalue weighted by Gasteiger charge is -2.17. The highest BCUT2D eigenvalue weighted by molar-refractivity contribution is 6.32. The number of carbonyl (C=O) groups excluding carboxylic acids is 1. The van der Waals surface area contributed by atoms with E-state index in [1.54, 1.807) is 0 Å². The fourth-order valence-electron chi connectivity index (χ4n) is 2.17. The van der Waals surface area contributed by atoms with Gasteiger partial charge in [-0.25, -0.2) is 9.37 Å². The lowest BCUT2D eigenvalue weighted by molar-refractivity contribution is -0.113. The van der Waals surface area contributed by atoms with Crippen LogP contribution in [0.1, 0.15) is 19.8 Å². The third-order valence-corrected chi connectivity index (χ3v) is 3.91. The molecular weight excluding hydrogens is 357 g/mol. The van der Waals surface area contributed by atoms with Gasteiger partial charge in [0.1, 0.15) is 16.7 Å². The molecule has 138 valence electrons. The van der Waals surface area contributed by atoms with Crippen molar-refractivity contribution in [2.24, 2.45) is 0 Å². The second-order valence-electron chi connectivity index (χ2n) is 5.56. The maximum atomic E-state index is 14.0. The van der Waals surface area contributed by atoms with Gasteiger partial charge in [-0.2, -0.15) is 4.98 Å². The largest absolute Gasteiger partial charge is 0.369 e. The van der Waals surface area contributed by atoms with Crippen LogP contribution in [0.3, 0.4) is 0 Å². The molecule has 8 heteroatoms. The number of halogens is 2. The summed E-state index contributed by atoms with van der Waals surface area (Å²) in [5.41, 5.74) is 0.655. The number of carbonyl (C=O) groups is 1. The predicted octanol–water partition coefficient (Wildman–Crippen LogP) is 4.37. The summed E-state index contributed by atoms with van der Waals surface area (Å²) in [6.45, 7) is 6.25.